The number of nitrogens with one attached hydrogen (secondary N) is 2. The Balaban J connectivity index is 2.48. The second-order valence-electron chi connectivity index (χ2n) is 5.89. The Morgan fingerprint density at radius 3 is 2.42 bits per heavy atom. The van der Waals surface area contributed by atoms with Crippen LogP contribution < -0.4 is 16.4 Å². The molecule has 0 spiro atoms. The van der Waals surface area contributed by atoms with E-state index in [2.05, 4.69) is 10.6 Å². The van der Waals surface area contributed by atoms with Crippen molar-refractivity contribution in [2.24, 2.45) is 11.7 Å². The summed E-state index contributed by atoms with van der Waals surface area (Å²) in [6, 6.07) is 8.61. The van der Waals surface area contributed by atoms with E-state index in [9.17, 15) is 14.4 Å². The van der Waals surface area contributed by atoms with Crippen LogP contribution in [0.4, 0.5) is 4.79 Å². The molecule has 0 radical (unpaired) electrons. The molecule has 0 aromatic heterocycles. The first-order valence-corrected chi connectivity index (χ1v) is 7.91. The Hall–Kier alpha value is -2.57. The topological polar surface area (TPSA) is 111 Å². The lowest BCUT2D eigenvalue weighted by Crippen LogP contribution is -2.49. The highest BCUT2D eigenvalue weighted by molar-refractivity contribution is 5.90. The van der Waals surface area contributed by atoms with E-state index in [1.54, 1.807) is 0 Å². The summed E-state index contributed by atoms with van der Waals surface area (Å²) in [5, 5.41) is 5.07. The second-order valence-corrected chi connectivity index (χ2v) is 5.89. The van der Waals surface area contributed by atoms with Crippen LogP contribution in [0.2, 0.25) is 0 Å². The van der Waals surface area contributed by atoms with Gasteiger partial charge in [0.25, 0.3) is 0 Å². The van der Waals surface area contributed by atoms with Crippen LogP contribution in [0.3, 0.4) is 0 Å². The minimum atomic E-state index is -1.04. The van der Waals surface area contributed by atoms with Crippen LogP contribution in [-0.2, 0) is 20.7 Å². The normalized spacial score (nSPS) is 11.6. The van der Waals surface area contributed by atoms with Gasteiger partial charge >= 0.3 is 6.09 Å². The number of ether oxygens (including phenoxy) is 1. The maximum atomic E-state index is 12.2. The smallest absolute Gasteiger partial charge is 0.407 e. The fourth-order valence-electron chi connectivity index (χ4n) is 1.93. The SMILES string of the molecule is CC(C)COC(=O)N[C@@H](CC(N)=O)C(=O)NCCc1ccccc1. The monoisotopic (exact) mass is 335 g/mol. The van der Waals surface area contributed by atoms with E-state index in [-0.39, 0.29) is 18.9 Å². The van der Waals surface area contributed by atoms with Crippen molar-refractivity contribution < 1.29 is 19.1 Å². The predicted octanol–water partition coefficient (Wildman–Crippen LogP) is 0.972. The summed E-state index contributed by atoms with van der Waals surface area (Å²) in [5.74, 6) is -0.973. The third kappa shape index (κ3) is 8.17. The van der Waals surface area contributed by atoms with Gasteiger partial charge in [0, 0.05) is 6.54 Å². The highest BCUT2D eigenvalue weighted by Crippen LogP contribution is 2.00. The number of alkyl carbamates (subject to hydrolysis) is 1. The number of amides is 3. The molecule has 0 heterocycles. The van der Waals surface area contributed by atoms with Crippen molar-refractivity contribution >= 4 is 17.9 Å². The summed E-state index contributed by atoms with van der Waals surface area (Å²) in [6.07, 6.45) is -0.380. The van der Waals surface area contributed by atoms with Gasteiger partial charge in [-0.15, -0.1) is 0 Å². The van der Waals surface area contributed by atoms with E-state index in [0.29, 0.717) is 13.0 Å². The highest BCUT2D eigenvalue weighted by Gasteiger charge is 2.23. The molecule has 4 N–H and O–H groups in total. The third-order valence-electron chi connectivity index (χ3n) is 3.12. The minimum Gasteiger partial charge on any atom is -0.449 e. The van der Waals surface area contributed by atoms with Gasteiger partial charge in [-0.05, 0) is 17.9 Å². The molecule has 0 saturated carbocycles. The van der Waals surface area contributed by atoms with Gasteiger partial charge < -0.3 is 21.1 Å². The van der Waals surface area contributed by atoms with Gasteiger partial charge in [0.2, 0.25) is 11.8 Å². The summed E-state index contributed by atoms with van der Waals surface area (Å²) >= 11 is 0. The first-order valence-electron chi connectivity index (χ1n) is 7.91. The van der Waals surface area contributed by atoms with Crippen molar-refractivity contribution in [2.75, 3.05) is 13.2 Å². The summed E-state index contributed by atoms with van der Waals surface area (Å²) in [5.41, 5.74) is 6.22. The standard InChI is InChI=1S/C17H25N3O4/c1-12(2)11-24-17(23)20-14(10-15(18)21)16(22)19-9-8-13-6-4-3-5-7-13/h3-7,12,14H,8-11H2,1-2H3,(H2,18,21)(H,19,22)(H,20,23)/t14-/m0/s1. The van der Waals surface area contributed by atoms with Gasteiger partial charge in [0.1, 0.15) is 6.04 Å². The van der Waals surface area contributed by atoms with E-state index in [0.717, 1.165) is 5.56 Å². The maximum absolute atomic E-state index is 12.2. The molecule has 0 fully saturated rings. The van der Waals surface area contributed by atoms with Crippen LogP contribution in [0.1, 0.15) is 25.8 Å². The van der Waals surface area contributed by atoms with E-state index >= 15 is 0 Å². The van der Waals surface area contributed by atoms with Crippen LogP contribution in [0, 0.1) is 5.92 Å². The van der Waals surface area contributed by atoms with Crippen LogP contribution in [0.25, 0.3) is 0 Å². The van der Waals surface area contributed by atoms with Crippen LogP contribution in [0.5, 0.6) is 0 Å². The molecular weight excluding hydrogens is 310 g/mol. The lowest BCUT2D eigenvalue weighted by atomic mass is 10.1. The van der Waals surface area contributed by atoms with Gasteiger partial charge in [-0.25, -0.2) is 4.79 Å². The largest absolute Gasteiger partial charge is 0.449 e. The predicted molar refractivity (Wildman–Crippen MR) is 90.1 cm³/mol. The number of nitrogens with two attached hydrogens (primary N) is 1. The van der Waals surface area contributed by atoms with Gasteiger partial charge in [-0.1, -0.05) is 44.2 Å². The molecule has 0 bridgehead atoms. The van der Waals surface area contributed by atoms with Crippen molar-refractivity contribution in [2.45, 2.75) is 32.7 Å². The van der Waals surface area contributed by atoms with Gasteiger partial charge in [0.15, 0.2) is 0 Å². The number of hydrogen-bond donors (Lipinski definition) is 3. The first kappa shape index (κ1) is 19.5. The summed E-state index contributed by atoms with van der Waals surface area (Å²) in [7, 11) is 0. The highest BCUT2D eigenvalue weighted by atomic mass is 16.5. The molecule has 1 rings (SSSR count). The van der Waals surface area contributed by atoms with Gasteiger partial charge in [-0.3, -0.25) is 9.59 Å². The van der Waals surface area contributed by atoms with E-state index in [1.165, 1.54) is 0 Å². The first-order chi connectivity index (χ1) is 11.4. The molecule has 132 valence electrons. The van der Waals surface area contributed by atoms with Crippen molar-refractivity contribution in [3.8, 4) is 0 Å². The Morgan fingerprint density at radius 1 is 1.17 bits per heavy atom. The summed E-state index contributed by atoms with van der Waals surface area (Å²) in [6.45, 7) is 4.40. The average molecular weight is 335 g/mol. The molecule has 3 amide bonds. The summed E-state index contributed by atoms with van der Waals surface area (Å²) < 4.78 is 4.96. The minimum absolute atomic E-state index is 0.171. The van der Waals surface area contributed by atoms with Crippen molar-refractivity contribution in [3.05, 3.63) is 35.9 Å². The molecule has 1 atom stereocenters. The van der Waals surface area contributed by atoms with Crippen LogP contribution in [0.15, 0.2) is 30.3 Å². The van der Waals surface area contributed by atoms with Gasteiger partial charge in [-0.2, -0.15) is 0 Å². The molecule has 24 heavy (non-hydrogen) atoms. The van der Waals surface area contributed by atoms with Gasteiger partial charge in [0.05, 0.1) is 13.0 Å². The number of primary amides is 1. The zero-order chi connectivity index (χ0) is 17.9. The van der Waals surface area contributed by atoms with Crippen LogP contribution in [-0.4, -0.2) is 37.1 Å². The molecule has 0 unspecified atom stereocenters. The number of rotatable bonds is 9. The Bertz CT molecular complexity index is 546. The zero-order valence-corrected chi connectivity index (χ0v) is 14.1. The number of hydrogen-bond acceptors (Lipinski definition) is 4. The third-order valence-corrected chi connectivity index (χ3v) is 3.12. The van der Waals surface area contributed by atoms with Crippen LogP contribution >= 0.6 is 0 Å². The lowest BCUT2D eigenvalue weighted by Gasteiger charge is -2.17. The Labute approximate surface area is 141 Å². The molecule has 0 aliphatic heterocycles. The second kappa shape index (κ2) is 10.3. The molecule has 7 heteroatoms. The molecule has 7 nitrogen and oxygen atoms in total. The number of carbonyl (C=O) groups is 3. The molecule has 1 aromatic rings. The molecule has 0 saturated heterocycles. The van der Waals surface area contributed by atoms with E-state index in [1.807, 2.05) is 44.2 Å². The summed E-state index contributed by atoms with van der Waals surface area (Å²) in [4.78, 5) is 34.9. The number of carbonyl (C=O) groups excluding carboxylic acids is 3. The van der Waals surface area contributed by atoms with E-state index < -0.39 is 23.9 Å². The quantitative estimate of drug-likeness (QED) is 0.624. The van der Waals surface area contributed by atoms with Crippen molar-refractivity contribution in [1.29, 1.82) is 0 Å². The fraction of sp³-hybridized carbons (Fsp3) is 0.471. The maximum Gasteiger partial charge on any atom is 0.407 e. The van der Waals surface area contributed by atoms with Crippen molar-refractivity contribution in [1.82, 2.24) is 10.6 Å². The Morgan fingerprint density at radius 2 is 1.83 bits per heavy atom. The Kier molecular flexibility index (Phi) is 8.32. The van der Waals surface area contributed by atoms with Crippen molar-refractivity contribution in [3.63, 3.8) is 0 Å². The average Bonchev–Trinajstić information content (AvgIpc) is 2.52. The molecule has 0 aliphatic carbocycles. The molecule has 0 aliphatic rings. The molecule has 1 aromatic carbocycles. The number of benzene rings is 1. The molecular formula is C17H25N3O4. The lowest BCUT2D eigenvalue weighted by molar-refractivity contribution is -0.127. The fourth-order valence-corrected chi connectivity index (χ4v) is 1.93. The zero-order valence-electron chi connectivity index (χ0n) is 14.1. The van der Waals surface area contributed by atoms with E-state index in [4.69, 9.17) is 10.5 Å².